The molecule has 2 aliphatic heterocycles. The molecule has 0 saturated carbocycles. The van der Waals surface area contributed by atoms with Crippen LogP contribution in [-0.4, -0.2) is 23.7 Å². The van der Waals surface area contributed by atoms with Crippen LogP contribution in [0, 0.1) is 12.8 Å². The van der Waals surface area contributed by atoms with Crippen LogP contribution >= 0.6 is 23.4 Å². The summed E-state index contributed by atoms with van der Waals surface area (Å²) in [6, 6.07) is 6.29. The van der Waals surface area contributed by atoms with Crippen LogP contribution in [0.3, 0.4) is 0 Å². The van der Waals surface area contributed by atoms with Gasteiger partial charge in [0.2, 0.25) is 0 Å². The van der Waals surface area contributed by atoms with Crippen LogP contribution in [-0.2, 0) is 4.74 Å². The van der Waals surface area contributed by atoms with Gasteiger partial charge >= 0.3 is 0 Å². The van der Waals surface area contributed by atoms with Crippen molar-refractivity contribution < 1.29 is 4.74 Å². The van der Waals surface area contributed by atoms with E-state index in [1.54, 1.807) is 0 Å². The highest BCUT2D eigenvalue weighted by Crippen LogP contribution is 2.43. The van der Waals surface area contributed by atoms with Crippen molar-refractivity contribution in [3.05, 3.63) is 34.3 Å². The number of benzene rings is 1. The molecule has 2 nitrogen and oxygen atoms in total. The molecule has 21 heavy (non-hydrogen) atoms. The van der Waals surface area contributed by atoms with Crippen molar-refractivity contribution in [1.29, 1.82) is 0 Å². The number of rotatable bonds is 2. The van der Waals surface area contributed by atoms with Gasteiger partial charge in [0.15, 0.2) is 0 Å². The lowest BCUT2D eigenvalue weighted by atomic mass is 9.77. The summed E-state index contributed by atoms with van der Waals surface area (Å²) in [5.74, 6) is 2.96. The smallest absolute Gasteiger partial charge is 0.0701 e. The third kappa shape index (κ3) is 3.42. The summed E-state index contributed by atoms with van der Waals surface area (Å²) in [7, 11) is 0. The third-order valence-corrected chi connectivity index (χ3v) is 6.42. The molecular formula is C17H24ClNOS. The molecular weight excluding hydrogens is 302 g/mol. The molecule has 2 fully saturated rings. The van der Waals surface area contributed by atoms with Crippen LogP contribution in [0.25, 0.3) is 0 Å². The molecule has 4 heteroatoms. The van der Waals surface area contributed by atoms with Crippen LogP contribution in [0.1, 0.15) is 42.9 Å². The molecule has 2 unspecified atom stereocenters. The predicted octanol–water partition coefficient (Wildman–Crippen LogP) is 4.34. The maximum atomic E-state index is 6.57. The zero-order chi connectivity index (χ0) is 14.9. The lowest BCUT2D eigenvalue weighted by Crippen LogP contribution is -2.45. The maximum Gasteiger partial charge on any atom is 0.0701 e. The zero-order valence-electron chi connectivity index (χ0n) is 12.6. The zero-order valence-corrected chi connectivity index (χ0v) is 14.2. The van der Waals surface area contributed by atoms with E-state index in [1.807, 2.05) is 24.8 Å². The van der Waals surface area contributed by atoms with Gasteiger partial charge in [-0.25, -0.2) is 0 Å². The van der Waals surface area contributed by atoms with Gasteiger partial charge < -0.3 is 10.5 Å². The van der Waals surface area contributed by atoms with E-state index in [0.717, 1.165) is 30.0 Å². The SMILES string of the molecule is Cc1cc(C(N)C2CCOC3(CCSCC3)C2)ccc1Cl. The van der Waals surface area contributed by atoms with Gasteiger partial charge in [-0.3, -0.25) is 0 Å². The second-order valence-corrected chi connectivity index (χ2v) is 8.06. The van der Waals surface area contributed by atoms with Gasteiger partial charge in [-0.1, -0.05) is 23.7 Å². The second kappa shape index (κ2) is 6.49. The Balaban J connectivity index is 1.74. The molecule has 2 aliphatic rings. The highest BCUT2D eigenvalue weighted by atomic mass is 35.5. The topological polar surface area (TPSA) is 35.2 Å². The highest BCUT2D eigenvalue weighted by molar-refractivity contribution is 7.99. The van der Waals surface area contributed by atoms with E-state index in [0.29, 0.717) is 5.92 Å². The number of hydrogen-bond donors (Lipinski definition) is 1. The van der Waals surface area contributed by atoms with Crippen LogP contribution in [0.15, 0.2) is 18.2 Å². The largest absolute Gasteiger partial charge is 0.375 e. The van der Waals surface area contributed by atoms with Crippen LogP contribution in [0.5, 0.6) is 0 Å². The first-order chi connectivity index (χ1) is 10.1. The maximum absolute atomic E-state index is 6.57. The van der Waals surface area contributed by atoms with E-state index in [-0.39, 0.29) is 11.6 Å². The van der Waals surface area contributed by atoms with Gasteiger partial charge in [-0.05, 0) is 67.2 Å². The summed E-state index contributed by atoms with van der Waals surface area (Å²) in [5, 5.41) is 0.818. The Morgan fingerprint density at radius 3 is 2.86 bits per heavy atom. The Hall–Kier alpha value is -0.220. The molecule has 1 spiro atoms. The number of hydrogen-bond acceptors (Lipinski definition) is 3. The van der Waals surface area contributed by atoms with Crippen molar-refractivity contribution in [2.75, 3.05) is 18.1 Å². The molecule has 0 bridgehead atoms. The van der Waals surface area contributed by atoms with Gasteiger partial charge in [0.1, 0.15) is 0 Å². The summed E-state index contributed by atoms with van der Waals surface area (Å²) >= 11 is 8.17. The first kappa shape index (κ1) is 15.7. The van der Waals surface area contributed by atoms with Crippen LogP contribution < -0.4 is 5.73 Å². The number of halogens is 1. The predicted molar refractivity (Wildman–Crippen MR) is 91.1 cm³/mol. The number of ether oxygens (including phenoxy) is 1. The van der Waals surface area contributed by atoms with Crippen molar-refractivity contribution >= 4 is 23.4 Å². The Kier molecular flexibility index (Phi) is 4.84. The monoisotopic (exact) mass is 325 g/mol. The van der Waals surface area contributed by atoms with Gasteiger partial charge in [0.25, 0.3) is 0 Å². The molecule has 1 aromatic rings. The number of thioether (sulfide) groups is 1. The molecule has 0 aliphatic carbocycles. The molecule has 2 saturated heterocycles. The van der Waals surface area contributed by atoms with Gasteiger partial charge in [-0.15, -0.1) is 0 Å². The lowest BCUT2D eigenvalue weighted by molar-refractivity contribution is -0.105. The average Bonchev–Trinajstić information content (AvgIpc) is 2.50. The lowest BCUT2D eigenvalue weighted by Gasteiger charge is -2.44. The van der Waals surface area contributed by atoms with E-state index < -0.39 is 0 Å². The summed E-state index contributed by atoms with van der Waals surface area (Å²) in [6.07, 6.45) is 4.54. The average molecular weight is 326 g/mol. The number of nitrogens with two attached hydrogens (primary N) is 1. The van der Waals surface area contributed by atoms with Crippen molar-refractivity contribution in [3.8, 4) is 0 Å². The minimum absolute atomic E-state index is 0.0938. The first-order valence-electron chi connectivity index (χ1n) is 7.83. The van der Waals surface area contributed by atoms with Gasteiger partial charge in [-0.2, -0.15) is 11.8 Å². The third-order valence-electron chi connectivity index (χ3n) is 5.01. The van der Waals surface area contributed by atoms with Crippen molar-refractivity contribution in [2.24, 2.45) is 11.7 Å². The fourth-order valence-electron chi connectivity index (χ4n) is 3.61. The summed E-state index contributed by atoms with van der Waals surface area (Å²) in [6.45, 7) is 2.90. The van der Waals surface area contributed by atoms with Gasteiger partial charge in [0, 0.05) is 17.7 Å². The molecule has 116 valence electrons. The molecule has 1 aromatic carbocycles. The standard InChI is InChI=1S/C17H24ClNOS/c1-12-10-13(2-3-15(12)18)16(19)14-4-7-20-17(11-14)5-8-21-9-6-17/h2-3,10,14,16H,4-9,11,19H2,1H3. The normalized spacial score (nSPS) is 26.7. The Morgan fingerprint density at radius 1 is 1.38 bits per heavy atom. The summed E-state index contributed by atoms with van der Waals surface area (Å²) in [4.78, 5) is 0. The van der Waals surface area contributed by atoms with Crippen molar-refractivity contribution in [3.63, 3.8) is 0 Å². The van der Waals surface area contributed by atoms with E-state index >= 15 is 0 Å². The van der Waals surface area contributed by atoms with E-state index in [9.17, 15) is 0 Å². The van der Waals surface area contributed by atoms with Crippen LogP contribution in [0.2, 0.25) is 5.02 Å². The Labute approximate surface area is 136 Å². The van der Waals surface area contributed by atoms with Crippen molar-refractivity contribution in [1.82, 2.24) is 0 Å². The minimum atomic E-state index is 0.0938. The minimum Gasteiger partial charge on any atom is -0.375 e. The quantitative estimate of drug-likeness (QED) is 0.878. The van der Waals surface area contributed by atoms with E-state index in [4.69, 9.17) is 22.1 Å². The fourth-order valence-corrected chi connectivity index (χ4v) is 4.97. The van der Waals surface area contributed by atoms with E-state index in [1.165, 1.54) is 29.9 Å². The first-order valence-corrected chi connectivity index (χ1v) is 9.36. The molecule has 3 rings (SSSR count). The van der Waals surface area contributed by atoms with E-state index in [2.05, 4.69) is 12.1 Å². The summed E-state index contributed by atoms with van der Waals surface area (Å²) < 4.78 is 6.18. The van der Waals surface area contributed by atoms with Crippen molar-refractivity contribution in [2.45, 2.75) is 44.2 Å². The molecule has 0 radical (unpaired) electrons. The molecule has 2 N–H and O–H groups in total. The molecule has 0 aromatic heterocycles. The summed E-state index contributed by atoms with van der Waals surface area (Å²) in [5.41, 5.74) is 9.00. The molecule has 2 atom stereocenters. The molecule has 2 heterocycles. The van der Waals surface area contributed by atoms with Crippen LogP contribution in [0.4, 0.5) is 0 Å². The second-order valence-electron chi connectivity index (χ2n) is 6.43. The van der Waals surface area contributed by atoms with Gasteiger partial charge in [0.05, 0.1) is 5.60 Å². The Bertz CT molecular complexity index is 496. The molecule has 0 amide bonds. The fraction of sp³-hybridized carbons (Fsp3) is 0.647. The highest BCUT2D eigenvalue weighted by Gasteiger charge is 2.40. The number of aryl methyl sites for hydroxylation is 1. The Morgan fingerprint density at radius 2 is 2.14 bits per heavy atom.